The molecular formula is C15H30N2O3. The summed E-state index contributed by atoms with van der Waals surface area (Å²) in [7, 11) is 2.08. The lowest BCUT2D eigenvalue weighted by molar-refractivity contribution is -0.151. The zero-order valence-corrected chi connectivity index (χ0v) is 13.2. The van der Waals surface area contributed by atoms with E-state index in [1.54, 1.807) is 0 Å². The fraction of sp³-hybridized carbons (Fsp3) is 0.933. The Labute approximate surface area is 122 Å². The molecule has 0 heterocycles. The Hall–Kier alpha value is -0.650. The number of esters is 1. The molecule has 1 fully saturated rings. The van der Waals surface area contributed by atoms with Gasteiger partial charge >= 0.3 is 5.97 Å². The Balaban J connectivity index is 2.39. The van der Waals surface area contributed by atoms with E-state index in [4.69, 9.17) is 15.2 Å². The molecule has 20 heavy (non-hydrogen) atoms. The van der Waals surface area contributed by atoms with Crippen molar-refractivity contribution in [2.75, 3.05) is 40.0 Å². The quantitative estimate of drug-likeness (QED) is 0.513. The van der Waals surface area contributed by atoms with Gasteiger partial charge in [-0.2, -0.15) is 0 Å². The Kier molecular flexibility index (Phi) is 7.48. The Morgan fingerprint density at radius 2 is 2.10 bits per heavy atom. The van der Waals surface area contributed by atoms with Gasteiger partial charge in [-0.25, -0.2) is 0 Å². The maximum Gasteiger partial charge on any atom is 0.326 e. The largest absolute Gasteiger partial charge is 0.465 e. The van der Waals surface area contributed by atoms with Crippen LogP contribution in [0, 0.1) is 5.92 Å². The smallest absolute Gasteiger partial charge is 0.326 e. The number of hydrogen-bond acceptors (Lipinski definition) is 5. The summed E-state index contributed by atoms with van der Waals surface area (Å²) in [5, 5.41) is 0. The predicted molar refractivity (Wildman–Crippen MR) is 79.5 cm³/mol. The number of carbonyl (C=O) groups is 1. The second-order valence-corrected chi connectivity index (χ2v) is 5.64. The van der Waals surface area contributed by atoms with Crippen LogP contribution >= 0.6 is 0 Å². The van der Waals surface area contributed by atoms with Gasteiger partial charge in [0.05, 0.1) is 13.2 Å². The van der Waals surface area contributed by atoms with Crippen molar-refractivity contribution < 1.29 is 14.3 Å². The van der Waals surface area contributed by atoms with Crippen LogP contribution < -0.4 is 5.73 Å². The molecule has 1 aliphatic rings. The van der Waals surface area contributed by atoms with E-state index in [1.165, 1.54) is 0 Å². The van der Waals surface area contributed by atoms with Crippen LogP contribution in [0.1, 0.15) is 39.5 Å². The molecule has 2 atom stereocenters. The number of nitrogens with two attached hydrogens (primary N) is 1. The first-order valence-electron chi connectivity index (χ1n) is 7.77. The molecule has 1 aliphatic carbocycles. The van der Waals surface area contributed by atoms with Gasteiger partial charge in [-0.15, -0.1) is 0 Å². The molecule has 5 heteroatoms. The molecular weight excluding hydrogens is 256 g/mol. The standard InChI is InChI=1S/C15H30N2O3/c1-4-19-12-11-17(3)10-8-13-7-6-9-15(13,16)14(18)20-5-2/h13H,4-12,16H2,1-3H3. The average Bonchev–Trinajstić information content (AvgIpc) is 2.80. The number of carbonyl (C=O) groups excluding carboxylic acids is 1. The number of ether oxygens (including phenoxy) is 2. The molecule has 0 radical (unpaired) electrons. The highest BCUT2D eigenvalue weighted by Gasteiger charge is 2.46. The SMILES string of the molecule is CCOCCN(C)CCC1CCCC1(N)C(=O)OCC. The molecule has 5 nitrogen and oxygen atoms in total. The average molecular weight is 286 g/mol. The molecule has 0 aromatic rings. The van der Waals surface area contributed by atoms with Crippen molar-refractivity contribution in [3.8, 4) is 0 Å². The summed E-state index contributed by atoms with van der Waals surface area (Å²) in [6, 6.07) is 0. The lowest BCUT2D eigenvalue weighted by Gasteiger charge is -2.30. The number of rotatable bonds is 9. The van der Waals surface area contributed by atoms with E-state index in [2.05, 4.69) is 11.9 Å². The van der Waals surface area contributed by atoms with Crippen molar-refractivity contribution in [2.45, 2.75) is 45.1 Å². The van der Waals surface area contributed by atoms with Crippen LogP contribution in [0.5, 0.6) is 0 Å². The predicted octanol–water partition coefficient (Wildman–Crippen LogP) is 1.41. The molecule has 2 unspecified atom stereocenters. The second kappa shape index (κ2) is 8.60. The van der Waals surface area contributed by atoms with Crippen molar-refractivity contribution in [2.24, 2.45) is 11.7 Å². The summed E-state index contributed by atoms with van der Waals surface area (Å²) in [4.78, 5) is 14.3. The van der Waals surface area contributed by atoms with Gasteiger partial charge in [0.15, 0.2) is 0 Å². The van der Waals surface area contributed by atoms with Gasteiger partial charge in [-0.05, 0) is 52.6 Å². The lowest BCUT2D eigenvalue weighted by Crippen LogP contribution is -2.52. The Bertz CT molecular complexity index is 299. The minimum Gasteiger partial charge on any atom is -0.465 e. The molecule has 0 aromatic heterocycles. The van der Waals surface area contributed by atoms with Crippen molar-refractivity contribution >= 4 is 5.97 Å². The summed E-state index contributed by atoms with van der Waals surface area (Å²) < 4.78 is 10.5. The highest BCUT2D eigenvalue weighted by atomic mass is 16.5. The first-order valence-corrected chi connectivity index (χ1v) is 7.77. The van der Waals surface area contributed by atoms with Gasteiger partial charge in [0.2, 0.25) is 0 Å². The highest BCUT2D eigenvalue weighted by Crippen LogP contribution is 2.37. The van der Waals surface area contributed by atoms with Gasteiger partial charge in [0.25, 0.3) is 0 Å². The lowest BCUT2D eigenvalue weighted by atomic mass is 9.85. The summed E-state index contributed by atoms with van der Waals surface area (Å²) in [5.74, 6) is 0.00978. The molecule has 1 rings (SSSR count). The normalized spacial score (nSPS) is 26.1. The fourth-order valence-electron chi connectivity index (χ4n) is 2.89. The van der Waals surface area contributed by atoms with Crippen molar-refractivity contribution in [3.05, 3.63) is 0 Å². The fourth-order valence-corrected chi connectivity index (χ4v) is 2.89. The van der Waals surface area contributed by atoms with Gasteiger partial charge < -0.3 is 20.1 Å². The maximum absolute atomic E-state index is 12.1. The summed E-state index contributed by atoms with van der Waals surface area (Å²) >= 11 is 0. The third-order valence-corrected chi connectivity index (χ3v) is 4.21. The molecule has 0 spiro atoms. The summed E-state index contributed by atoms with van der Waals surface area (Å²) in [5.41, 5.74) is 5.56. The monoisotopic (exact) mass is 286 g/mol. The number of hydrogen-bond donors (Lipinski definition) is 1. The summed E-state index contributed by atoms with van der Waals surface area (Å²) in [6.45, 7) is 7.59. The van der Waals surface area contributed by atoms with Crippen LogP contribution in [0.15, 0.2) is 0 Å². The molecule has 118 valence electrons. The van der Waals surface area contributed by atoms with E-state index in [0.29, 0.717) is 6.61 Å². The Morgan fingerprint density at radius 3 is 2.75 bits per heavy atom. The minimum absolute atomic E-state index is 0.223. The van der Waals surface area contributed by atoms with Crippen LogP contribution in [0.3, 0.4) is 0 Å². The Morgan fingerprint density at radius 1 is 1.35 bits per heavy atom. The van der Waals surface area contributed by atoms with Gasteiger partial charge in [-0.3, -0.25) is 4.79 Å². The van der Waals surface area contributed by atoms with Crippen molar-refractivity contribution in [1.82, 2.24) is 4.90 Å². The maximum atomic E-state index is 12.1. The molecule has 0 bridgehead atoms. The second-order valence-electron chi connectivity index (χ2n) is 5.64. The minimum atomic E-state index is -0.767. The van der Waals surface area contributed by atoms with E-state index in [-0.39, 0.29) is 11.9 Å². The highest BCUT2D eigenvalue weighted by molar-refractivity contribution is 5.81. The van der Waals surface area contributed by atoms with Gasteiger partial charge in [0.1, 0.15) is 5.54 Å². The molecule has 2 N–H and O–H groups in total. The van der Waals surface area contributed by atoms with E-state index in [9.17, 15) is 4.79 Å². The van der Waals surface area contributed by atoms with Crippen LogP contribution in [0.25, 0.3) is 0 Å². The summed E-state index contributed by atoms with van der Waals surface area (Å²) in [6.07, 6.45) is 3.73. The van der Waals surface area contributed by atoms with Crippen LogP contribution in [0.2, 0.25) is 0 Å². The molecule has 0 aliphatic heterocycles. The van der Waals surface area contributed by atoms with E-state index in [0.717, 1.165) is 52.0 Å². The molecule has 0 saturated heterocycles. The van der Waals surface area contributed by atoms with Gasteiger partial charge in [0, 0.05) is 13.2 Å². The number of likely N-dealkylation sites (N-methyl/N-ethyl adjacent to an activating group) is 1. The zero-order valence-electron chi connectivity index (χ0n) is 13.2. The van der Waals surface area contributed by atoms with Crippen molar-refractivity contribution in [3.63, 3.8) is 0 Å². The van der Waals surface area contributed by atoms with Crippen molar-refractivity contribution in [1.29, 1.82) is 0 Å². The molecule has 1 saturated carbocycles. The first-order chi connectivity index (χ1) is 9.54. The third kappa shape index (κ3) is 4.72. The van der Waals surface area contributed by atoms with E-state index >= 15 is 0 Å². The zero-order chi connectivity index (χ0) is 15.0. The van der Waals surface area contributed by atoms with Gasteiger partial charge in [-0.1, -0.05) is 6.42 Å². The molecule has 0 amide bonds. The van der Waals surface area contributed by atoms with E-state index < -0.39 is 5.54 Å². The topological polar surface area (TPSA) is 64.8 Å². The molecule has 0 aromatic carbocycles. The van der Waals surface area contributed by atoms with Crippen LogP contribution in [-0.4, -0.2) is 56.4 Å². The van der Waals surface area contributed by atoms with E-state index in [1.807, 2.05) is 13.8 Å². The third-order valence-electron chi connectivity index (χ3n) is 4.21. The first kappa shape index (κ1) is 17.4. The van der Waals surface area contributed by atoms with Crippen LogP contribution in [-0.2, 0) is 14.3 Å². The number of nitrogens with zero attached hydrogens (tertiary/aromatic N) is 1. The van der Waals surface area contributed by atoms with Crippen LogP contribution in [0.4, 0.5) is 0 Å².